The minimum absolute atomic E-state index is 0.148. The number of carbonyl (C=O) groups excluding carboxylic acids is 3. The van der Waals surface area contributed by atoms with Crippen molar-refractivity contribution in [2.45, 2.75) is 219 Å². The van der Waals surface area contributed by atoms with Crippen molar-refractivity contribution in [1.82, 2.24) is 0 Å². The fourth-order valence-electron chi connectivity index (χ4n) is 6.60. The van der Waals surface area contributed by atoms with E-state index in [1.807, 2.05) is 21.1 Å². The molecule has 0 spiro atoms. The van der Waals surface area contributed by atoms with E-state index in [2.05, 4.69) is 50.3 Å². The van der Waals surface area contributed by atoms with Gasteiger partial charge in [-0.2, -0.15) is 0 Å². The fourth-order valence-corrected chi connectivity index (χ4v) is 6.60. The molecule has 2 atom stereocenters. The maximum absolute atomic E-state index is 12.7. The van der Waals surface area contributed by atoms with E-state index in [0.717, 1.165) is 51.4 Å². The maximum Gasteiger partial charge on any atom is 0.306 e. The maximum atomic E-state index is 12.7. The fraction of sp³-hybridized carbons (Fsp3) is 0.820. The number of quaternary nitrogens is 1. The normalized spacial score (nSPS) is 13.2. The Kier molecular flexibility index (Phi) is 40.4. The summed E-state index contributed by atoms with van der Waals surface area (Å²) in [5, 5.41) is 11.7. The average Bonchev–Trinajstić information content (AvgIpc) is 3.19. The number of hydrogen-bond donors (Lipinski definition) is 0. The van der Waals surface area contributed by atoms with Crippen LogP contribution in [0.25, 0.3) is 0 Å². The lowest BCUT2D eigenvalue weighted by molar-refractivity contribution is -0.870. The number of nitrogens with zero attached hydrogens (tertiary/aromatic N) is 1. The Hall–Kier alpha value is -2.49. The number of allylic oxidation sites excluding steroid dienone is 6. The van der Waals surface area contributed by atoms with E-state index in [0.29, 0.717) is 23.9 Å². The summed E-state index contributed by atoms with van der Waals surface area (Å²) < 4.78 is 22.5. The number of carboxylic acid groups (broad SMARTS) is 1. The Labute approximate surface area is 362 Å². The van der Waals surface area contributed by atoms with Crippen molar-refractivity contribution in [3.05, 3.63) is 36.5 Å². The molecule has 0 heterocycles. The lowest BCUT2D eigenvalue weighted by Gasteiger charge is -2.26. The van der Waals surface area contributed by atoms with Gasteiger partial charge in [0.1, 0.15) is 13.2 Å². The Morgan fingerprint density at radius 2 is 0.915 bits per heavy atom. The standard InChI is InChI=1S/C50H91NO8/c1-6-8-10-12-14-15-16-17-18-19-20-21-22-23-24-25-26-27-28-29-30-31-32-33-35-37-39-41-48(53)59-46(44-57-47(52)40-38-36-34-13-11-9-7-2)45-58-50(49(54)55)56-43-42-51(3,4)5/h16-17,19-20,22-23,46,50H,6-15,18,21,24-45H2,1-5H3/b17-16-,20-19-,23-22-. The van der Waals surface area contributed by atoms with Crippen LogP contribution in [0.2, 0.25) is 0 Å². The van der Waals surface area contributed by atoms with Gasteiger partial charge >= 0.3 is 11.9 Å². The van der Waals surface area contributed by atoms with Crippen molar-refractivity contribution >= 4 is 17.9 Å². The van der Waals surface area contributed by atoms with Crippen LogP contribution in [0.15, 0.2) is 36.5 Å². The van der Waals surface area contributed by atoms with Crippen LogP contribution in [-0.4, -0.2) is 82.3 Å². The molecule has 0 aromatic carbocycles. The van der Waals surface area contributed by atoms with E-state index in [1.165, 1.54) is 122 Å². The number of unbranched alkanes of at least 4 members (excludes halogenated alkanes) is 23. The molecule has 0 aliphatic rings. The molecule has 0 fully saturated rings. The van der Waals surface area contributed by atoms with E-state index < -0.39 is 24.3 Å². The van der Waals surface area contributed by atoms with Crippen LogP contribution in [0, 0.1) is 0 Å². The van der Waals surface area contributed by atoms with Gasteiger partial charge in [-0.1, -0.05) is 179 Å². The van der Waals surface area contributed by atoms with Crippen molar-refractivity contribution < 1.29 is 42.9 Å². The van der Waals surface area contributed by atoms with Crippen LogP contribution < -0.4 is 5.11 Å². The Balaban J connectivity index is 4.15. The summed E-state index contributed by atoms with van der Waals surface area (Å²) in [6.45, 7) is 4.68. The smallest absolute Gasteiger partial charge is 0.306 e. The number of rotatable bonds is 44. The SMILES string of the molecule is CCCCCCC/C=C\C/C=C\C/C=C\CCCCCCCCCCCCCCC(=O)OC(COC(=O)CCCCCCCCC)COC(OCC[N+](C)(C)C)C(=O)[O-]. The van der Waals surface area contributed by atoms with E-state index in [4.69, 9.17) is 18.9 Å². The molecule has 0 amide bonds. The van der Waals surface area contributed by atoms with Crippen LogP contribution in [0.3, 0.4) is 0 Å². The molecule has 9 heteroatoms. The zero-order valence-electron chi connectivity index (χ0n) is 38.9. The van der Waals surface area contributed by atoms with Crippen LogP contribution >= 0.6 is 0 Å². The van der Waals surface area contributed by atoms with E-state index in [1.54, 1.807) is 0 Å². The summed E-state index contributed by atoms with van der Waals surface area (Å²) in [4.78, 5) is 36.8. The zero-order chi connectivity index (χ0) is 43.5. The van der Waals surface area contributed by atoms with Gasteiger partial charge in [-0.15, -0.1) is 0 Å². The van der Waals surface area contributed by atoms with Crippen molar-refractivity contribution in [2.24, 2.45) is 0 Å². The third-order valence-corrected chi connectivity index (χ3v) is 10.4. The van der Waals surface area contributed by atoms with Crippen molar-refractivity contribution in [1.29, 1.82) is 0 Å². The number of carbonyl (C=O) groups is 3. The molecular weight excluding hydrogens is 743 g/mol. The summed E-state index contributed by atoms with van der Waals surface area (Å²) in [6, 6.07) is 0. The first kappa shape index (κ1) is 56.5. The summed E-state index contributed by atoms with van der Waals surface area (Å²) in [5.41, 5.74) is 0. The molecule has 0 aromatic rings. The van der Waals surface area contributed by atoms with Crippen LogP contribution in [0.4, 0.5) is 0 Å². The van der Waals surface area contributed by atoms with Gasteiger partial charge in [0, 0.05) is 12.8 Å². The summed E-state index contributed by atoms with van der Waals surface area (Å²) in [6.07, 6.45) is 44.9. The lowest BCUT2D eigenvalue weighted by Crippen LogP contribution is -2.44. The molecule has 344 valence electrons. The van der Waals surface area contributed by atoms with E-state index in [9.17, 15) is 19.5 Å². The number of carboxylic acids is 1. The predicted octanol–water partition coefficient (Wildman–Crippen LogP) is 11.7. The van der Waals surface area contributed by atoms with Crippen LogP contribution in [0.5, 0.6) is 0 Å². The third-order valence-electron chi connectivity index (χ3n) is 10.4. The second-order valence-electron chi connectivity index (χ2n) is 17.4. The molecular formula is C50H91NO8. The molecule has 2 unspecified atom stereocenters. The molecule has 59 heavy (non-hydrogen) atoms. The lowest BCUT2D eigenvalue weighted by atomic mass is 10.0. The third kappa shape index (κ3) is 43.4. The highest BCUT2D eigenvalue weighted by Crippen LogP contribution is 2.15. The van der Waals surface area contributed by atoms with Gasteiger partial charge in [-0.3, -0.25) is 9.59 Å². The van der Waals surface area contributed by atoms with E-state index >= 15 is 0 Å². The summed E-state index contributed by atoms with van der Waals surface area (Å²) in [7, 11) is 5.90. The molecule has 0 aromatic heterocycles. The van der Waals surface area contributed by atoms with E-state index in [-0.39, 0.29) is 32.2 Å². The van der Waals surface area contributed by atoms with Gasteiger partial charge in [-0.05, 0) is 51.4 Å². The van der Waals surface area contributed by atoms with Gasteiger partial charge < -0.3 is 33.3 Å². The first-order chi connectivity index (χ1) is 28.6. The quantitative estimate of drug-likeness (QED) is 0.0196. The topological polar surface area (TPSA) is 111 Å². The van der Waals surface area contributed by atoms with Crippen molar-refractivity contribution in [2.75, 3.05) is 47.5 Å². The van der Waals surface area contributed by atoms with Gasteiger partial charge in [0.05, 0.1) is 40.3 Å². The van der Waals surface area contributed by atoms with Gasteiger partial charge in [0.2, 0.25) is 0 Å². The second kappa shape index (κ2) is 42.2. The molecule has 9 nitrogen and oxygen atoms in total. The van der Waals surface area contributed by atoms with Crippen molar-refractivity contribution in [3.8, 4) is 0 Å². The highest BCUT2D eigenvalue weighted by Gasteiger charge is 2.21. The van der Waals surface area contributed by atoms with Crippen molar-refractivity contribution in [3.63, 3.8) is 0 Å². The number of likely N-dealkylation sites (N-methyl/N-ethyl adjacent to an activating group) is 1. The Morgan fingerprint density at radius 1 is 0.508 bits per heavy atom. The number of aliphatic carboxylic acids is 1. The highest BCUT2D eigenvalue weighted by molar-refractivity contribution is 5.70. The first-order valence-corrected chi connectivity index (χ1v) is 24.1. The molecule has 0 N–H and O–H groups in total. The van der Waals surface area contributed by atoms with Gasteiger partial charge in [-0.25, -0.2) is 0 Å². The minimum Gasteiger partial charge on any atom is -0.545 e. The first-order valence-electron chi connectivity index (χ1n) is 24.1. The minimum atomic E-state index is -1.62. The summed E-state index contributed by atoms with van der Waals surface area (Å²) in [5.74, 6) is -2.29. The number of hydrogen-bond acceptors (Lipinski definition) is 8. The molecule has 0 saturated heterocycles. The molecule has 0 bridgehead atoms. The van der Waals surface area contributed by atoms with Crippen LogP contribution in [0.1, 0.15) is 206 Å². The Morgan fingerprint density at radius 3 is 1.36 bits per heavy atom. The molecule has 0 saturated carbocycles. The van der Waals surface area contributed by atoms with Gasteiger partial charge in [0.25, 0.3) is 0 Å². The molecule has 0 aliphatic heterocycles. The second-order valence-corrected chi connectivity index (χ2v) is 17.4. The average molecular weight is 834 g/mol. The molecule has 0 rings (SSSR count). The Bertz CT molecular complexity index is 1070. The highest BCUT2D eigenvalue weighted by atomic mass is 16.7. The number of esters is 2. The zero-order valence-corrected chi connectivity index (χ0v) is 38.9. The number of ether oxygens (including phenoxy) is 4. The largest absolute Gasteiger partial charge is 0.545 e. The predicted molar refractivity (Wildman–Crippen MR) is 242 cm³/mol. The molecule has 0 aliphatic carbocycles. The monoisotopic (exact) mass is 834 g/mol. The van der Waals surface area contributed by atoms with Gasteiger partial charge in [0.15, 0.2) is 12.4 Å². The molecule has 0 radical (unpaired) electrons. The van der Waals surface area contributed by atoms with Crippen LogP contribution in [-0.2, 0) is 33.3 Å². The summed E-state index contributed by atoms with van der Waals surface area (Å²) >= 11 is 0.